The molecule has 0 aliphatic heterocycles. The SMILES string of the molecule is CC(Br)c1ccc(C(Cl)(Cl)Cl)nc1.CSC(C)c1ccc(C(Cl)(Cl)Cl)nc1.C[S-].[B].[Na+]. The van der Waals surface area contributed by atoms with E-state index >= 15 is 0 Å². The zero-order valence-electron chi connectivity index (χ0n) is 17.6. The predicted molar refractivity (Wildman–Crippen MR) is 145 cm³/mol. The quantitative estimate of drug-likeness (QED) is 0.249. The van der Waals surface area contributed by atoms with Gasteiger partial charge in [-0.1, -0.05) is 97.7 Å². The Kier molecular flexibility index (Phi) is 22.6. The van der Waals surface area contributed by atoms with Gasteiger partial charge in [-0.05, 0) is 43.4 Å². The summed E-state index contributed by atoms with van der Waals surface area (Å²) in [6, 6.07) is 7.27. The summed E-state index contributed by atoms with van der Waals surface area (Å²) in [5.74, 6) is 0. The summed E-state index contributed by atoms with van der Waals surface area (Å²) in [6.45, 7) is 4.11. The summed E-state index contributed by atoms with van der Waals surface area (Å²) < 4.78 is -2.87. The maximum atomic E-state index is 5.69. The topological polar surface area (TPSA) is 25.8 Å². The molecule has 0 spiro atoms. The van der Waals surface area contributed by atoms with E-state index in [1.165, 1.54) is 0 Å². The molecule has 2 heterocycles. The van der Waals surface area contributed by atoms with Gasteiger partial charge >= 0.3 is 29.6 Å². The van der Waals surface area contributed by atoms with Crippen molar-refractivity contribution in [3.05, 3.63) is 59.2 Å². The van der Waals surface area contributed by atoms with Gasteiger partial charge in [0.1, 0.15) is 0 Å². The number of alkyl halides is 7. The normalized spacial score (nSPS) is 12.5. The summed E-state index contributed by atoms with van der Waals surface area (Å²) >= 11 is 43.3. The summed E-state index contributed by atoms with van der Waals surface area (Å²) in [7, 11) is 0. The van der Waals surface area contributed by atoms with E-state index in [2.05, 4.69) is 45.5 Å². The van der Waals surface area contributed by atoms with Crippen molar-refractivity contribution < 1.29 is 29.6 Å². The summed E-state index contributed by atoms with van der Waals surface area (Å²) in [5, 5.41) is 0.409. The minimum Gasteiger partial charge on any atom is -0.796 e. The van der Waals surface area contributed by atoms with Crippen molar-refractivity contribution in [1.29, 1.82) is 0 Å². The largest absolute Gasteiger partial charge is 1.00 e. The van der Waals surface area contributed by atoms with Crippen LogP contribution in [0.5, 0.6) is 0 Å². The molecule has 2 unspecified atom stereocenters. The van der Waals surface area contributed by atoms with Gasteiger partial charge in [0, 0.05) is 30.9 Å². The molecular weight excluding hydrogens is 635 g/mol. The molecule has 0 aliphatic rings. The van der Waals surface area contributed by atoms with E-state index in [9.17, 15) is 0 Å². The molecule has 0 amide bonds. The van der Waals surface area contributed by atoms with Gasteiger partial charge in [-0.2, -0.15) is 18.0 Å². The fourth-order valence-electron chi connectivity index (χ4n) is 1.76. The van der Waals surface area contributed by atoms with Gasteiger partial charge < -0.3 is 12.6 Å². The van der Waals surface area contributed by atoms with Gasteiger partial charge in [0.15, 0.2) is 0 Å². The van der Waals surface area contributed by atoms with E-state index in [1.807, 2.05) is 25.3 Å². The summed E-state index contributed by atoms with van der Waals surface area (Å²) in [6.07, 6.45) is 7.07. The molecule has 0 aromatic carbocycles. The molecule has 13 heteroatoms. The first-order chi connectivity index (χ1) is 13.4. The maximum Gasteiger partial charge on any atom is 1.00 e. The van der Waals surface area contributed by atoms with Crippen LogP contribution in [0.15, 0.2) is 36.7 Å². The molecule has 2 aromatic rings. The van der Waals surface area contributed by atoms with Gasteiger partial charge in [-0.3, -0.25) is 9.97 Å². The van der Waals surface area contributed by atoms with E-state index < -0.39 is 7.59 Å². The van der Waals surface area contributed by atoms with Gasteiger partial charge in [0.25, 0.3) is 0 Å². The van der Waals surface area contributed by atoms with Crippen molar-refractivity contribution in [3.8, 4) is 0 Å². The molecule has 0 aliphatic carbocycles. The third kappa shape index (κ3) is 15.1. The summed E-state index contributed by atoms with van der Waals surface area (Å²) in [4.78, 5) is 8.41. The summed E-state index contributed by atoms with van der Waals surface area (Å²) in [5.41, 5.74) is 3.09. The van der Waals surface area contributed by atoms with Crippen molar-refractivity contribution in [2.75, 3.05) is 12.5 Å². The van der Waals surface area contributed by atoms with Gasteiger partial charge in [-0.25, -0.2) is 0 Å². The van der Waals surface area contributed by atoms with Crippen molar-refractivity contribution in [2.24, 2.45) is 0 Å². The Hall–Kier alpha value is 2.28. The van der Waals surface area contributed by atoms with Crippen molar-refractivity contribution >= 4 is 118 Å². The van der Waals surface area contributed by atoms with Gasteiger partial charge in [0.2, 0.25) is 7.59 Å². The molecule has 2 atom stereocenters. The van der Waals surface area contributed by atoms with Crippen LogP contribution in [0.2, 0.25) is 0 Å². The van der Waals surface area contributed by atoms with Crippen LogP contribution in [0.25, 0.3) is 0 Å². The number of nitrogens with zero attached hydrogens (tertiary/aromatic N) is 2. The van der Waals surface area contributed by atoms with Gasteiger partial charge in [-0.15, -0.1) is 0 Å². The Bertz CT molecular complexity index is 717. The Morgan fingerprint density at radius 3 is 1.42 bits per heavy atom. The molecule has 2 aromatic heterocycles. The second-order valence-electron chi connectivity index (χ2n) is 5.44. The van der Waals surface area contributed by atoms with E-state index in [0.29, 0.717) is 16.6 Å². The molecule has 0 saturated carbocycles. The molecule has 0 N–H and O–H groups in total. The fraction of sp³-hybridized carbons (Fsp3) is 0.444. The number of thioether (sulfide) groups is 1. The first kappa shape index (κ1) is 37.8. The van der Waals surface area contributed by atoms with Gasteiger partial charge in [0.05, 0.1) is 11.4 Å². The standard InChI is InChI=1S/C9H10Cl3NS.C8H7BrCl3N.CH4S.B.Na/c1-6(14-2)7-3-4-8(13-5-7)9(10,11)12;1-5(9)6-2-3-7(13-4-6)8(10,11)12;1-2;;/h3-6H,1-2H3;2-5H,1H3;2H,1H3;;/q;;;;+1/p-1. The van der Waals surface area contributed by atoms with Crippen LogP contribution in [0, 0.1) is 0 Å². The molecule has 31 heavy (non-hydrogen) atoms. The fourth-order valence-corrected chi connectivity index (χ4v) is 3.11. The first-order valence-corrected chi connectivity index (χ1v) is 13.3. The monoisotopic (exact) mass is 651 g/mol. The molecule has 0 saturated heterocycles. The Balaban J connectivity index is -0.000000442. The zero-order chi connectivity index (χ0) is 22.8. The molecule has 2 rings (SSSR count). The smallest absolute Gasteiger partial charge is 0.796 e. The Labute approximate surface area is 258 Å². The molecular formula is C18H20BBrCl6N2NaS2. The molecule has 0 fully saturated rings. The second-order valence-corrected chi connectivity index (χ2v) is 12.6. The van der Waals surface area contributed by atoms with Crippen LogP contribution < -0.4 is 29.6 Å². The average Bonchev–Trinajstić information content (AvgIpc) is 2.68. The van der Waals surface area contributed by atoms with Crippen molar-refractivity contribution in [3.63, 3.8) is 0 Å². The maximum absolute atomic E-state index is 5.69. The van der Waals surface area contributed by atoms with Crippen LogP contribution >= 0.6 is 97.3 Å². The van der Waals surface area contributed by atoms with Crippen LogP contribution in [-0.2, 0) is 20.2 Å². The van der Waals surface area contributed by atoms with Crippen molar-refractivity contribution in [2.45, 2.75) is 31.5 Å². The van der Waals surface area contributed by atoms with E-state index in [-0.39, 0.29) is 42.8 Å². The number of pyridine rings is 2. The predicted octanol–water partition coefficient (Wildman–Crippen LogP) is 5.48. The second kappa shape index (κ2) is 18.5. The van der Waals surface area contributed by atoms with E-state index in [4.69, 9.17) is 69.6 Å². The van der Waals surface area contributed by atoms with Crippen LogP contribution in [0.4, 0.5) is 0 Å². The molecule has 3 radical (unpaired) electrons. The third-order valence-corrected chi connectivity index (χ3v) is 6.11. The number of rotatable bonds is 3. The zero-order valence-corrected chi connectivity index (χ0v) is 27.3. The molecule has 2 nitrogen and oxygen atoms in total. The third-order valence-electron chi connectivity index (χ3n) is 3.44. The van der Waals surface area contributed by atoms with Crippen molar-refractivity contribution in [1.82, 2.24) is 9.97 Å². The Morgan fingerprint density at radius 1 is 0.839 bits per heavy atom. The van der Waals surface area contributed by atoms with E-state index in [0.717, 1.165) is 11.1 Å². The van der Waals surface area contributed by atoms with Crippen LogP contribution in [-0.4, -0.2) is 30.9 Å². The number of aromatic nitrogens is 2. The number of hydrogen-bond acceptors (Lipinski definition) is 4. The first-order valence-electron chi connectivity index (χ1n) is 8.00. The van der Waals surface area contributed by atoms with E-state index in [1.54, 1.807) is 42.5 Å². The minimum atomic E-state index is -1.44. The average molecular weight is 655 g/mol. The van der Waals surface area contributed by atoms with Crippen LogP contribution in [0.1, 0.15) is 46.4 Å². The number of halogens is 7. The minimum absolute atomic E-state index is 0. The number of hydrogen-bond donors (Lipinski definition) is 0. The van der Waals surface area contributed by atoms with Crippen LogP contribution in [0.3, 0.4) is 0 Å². The molecule has 167 valence electrons. The Morgan fingerprint density at radius 2 is 1.19 bits per heavy atom. The molecule has 0 bridgehead atoms.